The van der Waals surface area contributed by atoms with Gasteiger partial charge in [0.05, 0.1) is 6.61 Å². The Morgan fingerprint density at radius 3 is 2.68 bits per heavy atom. The van der Waals surface area contributed by atoms with Crippen LogP contribution in [0.3, 0.4) is 0 Å². The highest BCUT2D eigenvalue weighted by Gasteiger charge is 2.18. The number of aryl methyl sites for hydroxylation is 1. The summed E-state index contributed by atoms with van der Waals surface area (Å²) in [4.78, 5) is 11.6. The number of benzene rings is 2. The van der Waals surface area contributed by atoms with Gasteiger partial charge in [-0.1, -0.05) is 36.4 Å². The summed E-state index contributed by atoms with van der Waals surface area (Å²) in [5.74, 6) is 0.411. The van der Waals surface area contributed by atoms with Gasteiger partial charge in [0.15, 0.2) is 6.10 Å². The highest BCUT2D eigenvalue weighted by molar-refractivity contribution is 5.90. The summed E-state index contributed by atoms with van der Waals surface area (Å²) in [5.41, 5.74) is 1.01. The summed E-state index contributed by atoms with van der Waals surface area (Å²) in [6.45, 7) is 5.83. The predicted octanol–water partition coefficient (Wildman–Crippen LogP) is 3.48. The second-order valence-corrected chi connectivity index (χ2v) is 4.44. The maximum atomic E-state index is 11.6. The lowest BCUT2D eigenvalue weighted by molar-refractivity contribution is -0.150. The van der Waals surface area contributed by atoms with E-state index in [1.807, 2.05) is 43.3 Å². The average Bonchev–Trinajstić information content (AvgIpc) is 2.42. The molecule has 19 heavy (non-hydrogen) atoms. The number of rotatable bonds is 4. The molecule has 3 heteroatoms. The van der Waals surface area contributed by atoms with Gasteiger partial charge in [0, 0.05) is 5.39 Å². The summed E-state index contributed by atoms with van der Waals surface area (Å²) < 4.78 is 10.8. The molecule has 2 aromatic carbocycles. The Kier molecular flexibility index (Phi) is 4.05. The van der Waals surface area contributed by atoms with E-state index in [0.717, 1.165) is 22.1 Å². The second kappa shape index (κ2) is 5.74. The number of esters is 1. The van der Waals surface area contributed by atoms with Gasteiger partial charge in [-0.25, -0.2) is 4.79 Å². The van der Waals surface area contributed by atoms with Gasteiger partial charge in [-0.2, -0.15) is 0 Å². The number of carbonyl (C=O) groups excluding carboxylic acids is 1. The van der Waals surface area contributed by atoms with Crippen LogP contribution >= 0.6 is 0 Å². The summed E-state index contributed by atoms with van der Waals surface area (Å²) in [6, 6.07) is 12.0. The van der Waals surface area contributed by atoms with Gasteiger partial charge in [-0.15, -0.1) is 0 Å². The molecule has 2 aromatic rings. The first-order valence-electron chi connectivity index (χ1n) is 6.45. The molecule has 0 aliphatic rings. The van der Waals surface area contributed by atoms with Gasteiger partial charge in [-0.05, 0) is 31.7 Å². The zero-order valence-corrected chi connectivity index (χ0v) is 11.5. The molecular weight excluding hydrogens is 240 g/mol. The fraction of sp³-hybridized carbons (Fsp3) is 0.312. The Morgan fingerprint density at radius 1 is 1.21 bits per heavy atom. The van der Waals surface area contributed by atoms with Crippen molar-refractivity contribution in [2.24, 2.45) is 0 Å². The van der Waals surface area contributed by atoms with Gasteiger partial charge < -0.3 is 9.47 Å². The summed E-state index contributed by atoms with van der Waals surface area (Å²) in [5, 5.41) is 2.11. The summed E-state index contributed by atoms with van der Waals surface area (Å²) >= 11 is 0. The van der Waals surface area contributed by atoms with Gasteiger partial charge in [-0.3, -0.25) is 0 Å². The molecule has 0 fully saturated rings. The highest BCUT2D eigenvalue weighted by Crippen LogP contribution is 2.30. The second-order valence-electron chi connectivity index (χ2n) is 4.44. The zero-order valence-electron chi connectivity index (χ0n) is 11.5. The van der Waals surface area contributed by atoms with Crippen LogP contribution in [0.1, 0.15) is 19.4 Å². The minimum absolute atomic E-state index is 0.338. The van der Waals surface area contributed by atoms with Crippen molar-refractivity contribution in [1.82, 2.24) is 0 Å². The van der Waals surface area contributed by atoms with E-state index in [4.69, 9.17) is 9.47 Å². The van der Waals surface area contributed by atoms with Crippen LogP contribution in [-0.2, 0) is 9.53 Å². The fourth-order valence-corrected chi connectivity index (χ4v) is 1.99. The Labute approximate surface area is 113 Å². The van der Waals surface area contributed by atoms with Crippen LogP contribution in [0.2, 0.25) is 0 Å². The van der Waals surface area contributed by atoms with Crippen molar-refractivity contribution in [1.29, 1.82) is 0 Å². The molecule has 0 saturated carbocycles. The molecule has 0 bridgehead atoms. The van der Waals surface area contributed by atoms with Gasteiger partial charge in [0.1, 0.15) is 5.75 Å². The Balaban J connectivity index is 2.34. The van der Waals surface area contributed by atoms with Crippen LogP contribution in [0.5, 0.6) is 5.75 Å². The molecule has 0 radical (unpaired) electrons. The molecule has 2 rings (SSSR count). The lowest BCUT2D eigenvalue weighted by atomic mass is 10.1. The van der Waals surface area contributed by atoms with E-state index in [1.54, 1.807) is 13.8 Å². The van der Waals surface area contributed by atoms with E-state index in [0.29, 0.717) is 6.61 Å². The predicted molar refractivity (Wildman–Crippen MR) is 75.4 cm³/mol. The lowest BCUT2D eigenvalue weighted by Gasteiger charge is -2.17. The van der Waals surface area contributed by atoms with Gasteiger partial charge in [0.25, 0.3) is 0 Å². The molecule has 0 heterocycles. The summed E-state index contributed by atoms with van der Waals surface area (Å²) in [6.07, 6.45) is -0.607. The monoisotopic (exact) mass is 258 g/mol. The van der Waals surface area contributed by atoms with Gasteiger partial charge in [0.2, 0.25) is 0 Å². The van der Waals surface area contributed by atoms with Crippen LogP contribution in [-0.4, -0.2) is 18.7 Å². The number of hydrogen-bond donors (Lipinski definition) is 0. The molecule has 0 unspecified atom stereocenters. The molecule has 100 valence electrons. The van der Waals surface area contributed by atoms with E-state index in [1.165, 1.54) is 0 Å². The number of hydrogen-bond acceptors (Lipinski definition) is 3. The molecular formula is C16H18O3. The van der Waals surface area contributed by atoms with Crippen LogP contribution in [0.4, 0.5) is 0 Å². The van der Waals surface area contributed by atoms with E-state index in [-0.39, 0.29) is 5.97 Å². The number of carbonyl (C=O) groups is 1. The van der Waals surface area contributed by atoms with Gasteiger partial charge >= 0.3 is 5.97 Å². The summed E-state index contributed by atoms with van der Waals surface area (Å²) in [7, 11) is 0. The van der Waals surface area contributed by atoms with Crippen molar-refractivity contribution in [2.45, 2.75) is 26.9 Å². The van der Waals surface area contributed by atoms with E-state index in [9.17, 15) is 4.79 Å². The van der Waals surface area contributed by atoms with Crippen molar-refractivity contribution < 1.29 is 14.3 Å². The van der Waals surface area contributed by atoms with Crippen LogP contribution in [0.25, 0.3) is 10.8 Å². The number of ether oxygens (including phenoxy) is 2. The molecule has 0 saturated heterocycles. The normalized spacial score (nSPS) is 12.2. The van der Waals surface area contributed by atoms with Crippen molar-refractivity contribution in [2.75, 3.05) is 6.61 Å². The molecule has 0 amide bonds. The third-order valence-electron chi connectivity index (χ3n) is 2.99. The Bertz CT molecular complexity index is 590. The van der Waals surface area contributed by atoms with Crippen molar-refractivity contribution in [3.63, 3.8) is 0 Å². The zero-order chi connectivity index (χ0) is 13.8. The molecule has 1 atom stereocenters. The van der Waals surface area contributed by atoms with Crippen molar-refractivity contribution in [3.05, 3.63) is 42.0 Å². The van der Waals surface area contributed by atoms with E-state index >= 15 is 0 Å². The molecule has 0 spiro atoms. The lowest BCUT2D eigenvalue weighted by Crippen LogP contribution is -2.26. The Morgan fingerprint density at radius 2 is 1.95 bits per heavy atom. The average molecular weight is 258 g/mol. The quantitative estimate of drug-likeness (QED) is 0.788. The van der Waals surface area contributed by atoms with E-state index < -0.39 is 6.10 Å². The molecule has 0 N–H and O–H groups in total. The smallest absolute Gasteiger partial charge is 0.347 e. The van der Waals surface area contributed by atoms with Crippen LogP contribution in [0.15, 0.2) is 36.4 Å². The largest absolute Gasteiger partial charge is 0.478 e. The van der Waals surface area contributed by atoms with Crippen molar-refractivity contribution in [3.8, 4) is 5.75 Å². The fourth-order valence-electron chi connectivity index (χ4n) is 1.99. The SMILES string of the molecule is CCOC(=O)[C@@H](C)Oc1c(C)ccc2ccccc12. The Hall–Kier alpha value is -2.03. The maximum Gasteiger partial charge on any atom is 0.347 e. The first-order valence-corrected chi connectivity index (χ1v) is 6.45. The maximum absolute atomic E-state index is 11.6. The highest BCUT2D eigenvalue weighted by atomic mass is 16.6. The molecule has 0 aliphatic carbocycles. The topological polar surface area (TPSA) is 35.5 Å². The molecule has 0 aliphatic heterocycles. The van der Waals surface area contributed by atoms with Crippen LogP contribution in [0, 0.1) is 6.92 Å². The third kappa shape index (κ3) is 2.87. The molecule has 0 aromatic heterocycles. The number of fused-ring (bicyclic) bond motifs is 1. The third-order valence-corrected chi connectivity index (χ3v) is 2.99. The molecule has 3 nitrogen and oxygen atoms in total. The first-order chi connectivity index (χ1) is 9.13. The standard InChI is InChI=1S/C16H18O3/c1-4-18-16(17)12(3)19-15-11(2)9-10-13-7-5-6-8-14(13)15/h5-10,12H,4H2,1-3H3/t12-/m1/s1. The van der Waals surface area contributed by atoms with Crippen molar-refractivity contribution >= 4 is 16.7 Å². The minimum Gasteiger partial charge on any atom is -0.478 e. The first kappa shape index (κ1) is 13.4. The van der Waals surface area contributed by atoms with E-state index in [2.05, 4.69) is 0 Å². The van der Waals surface area contributed by atoms with Crippen LogP contribution < -0.4 is 4.74 Å². The minimum atomic E-state index is -0.607.